The molecule has 7 heteroatoms. The molecule has 0 saturated carbocycles. The molecular weight excluding hydrogens is 348 g/mol. The fourth-order valence-corrected chi connectivity index (χ4v) is 5.39. The normalized spacial score (nSPS) is 20.5. The van der Waals surface area contributed by atoms with Gasteiger partial charge in [0, 0.05) is 25.6 Å². The predicted molar refractivity (Wildman–Crippen MR) is 104 cm³/mol. The molecule has 4 rings (SSSR count). The summed E-state index contributed by atoms with van der Waals surface area (Å²) in [5.74, 6) is 0.794. The van der Waals surface area contributed by atoms with Gasteiger partial charge in [-0.15, -0.1) is 11.3 Å². The van der Waals surface area contributed by atoms with Crippen LogP contribution in [-0.4, -0.2) is 46.0 Å². The third-order valence-corrected chi connectivity index (χ3v) is 6.96. The Morgan fingerprint density at radius 2 is 2.15 bits per heavy atom. The van der Waals surface area contributed by atoms with Crippen molar-refractivity contribution in [1.82, 2.24) is 19.8 Å². The highest BCUT2D eigenvalue weighted by atomic mass is 32.1. The van der Waals surface area contributed by atoms with Gasteiger partial charge < -0.3 is 5.32 Å². The fraction of sp³-hybridized carbons (Fsp3) is 0.632. The average molecular weight is 375 g/mol. The number of aryl methyl sites for hydroxylation is 2. The highest BCUT2D eigenvalue weighted by Crippen LogP contribution is 2.28. The Balaban J connectivity index is 1.60. The lowest BCUT2D eigenvalue weighted by atomic mass is 10.1. The maximum absolute atomic E-state index is 12.9. The van der Waals surface area contributed by atoms with Crippen LogP contribution in [0.4, 0.5) is 0 Å². The number of likely N-dealkylation sites (tertiary alicyclic amines) is 1. The van der Waals surface area contributed by atoms with E-state index in [-0.39, 0.29) is 11.5 Å². The van der Waals surface area contributed by atoms with E-state index >= 15 is 0 Å². The highest BCUT2D eigenvalue weighted by molar-refractivity contribution is 7.20. The molecule has 140 valence electrons. The first-order valence-electron chi connectivity index (χ1n) is 9.65. The summed E-state index contributed by atoms with van der Waals surface area (Å²) < 4.78 is 1.80. The molecule has 0 bridgehead atoms. The number of rotatable bonds is 4. The van der Waals surface area contributed by atoms with Gasteiger partial charge in [0.2, 0.25) is 0 Å². The van der Waals surface area contributed by atoms with Gasteiger partial charge >= 0.3 is 0 Å². The van der Waals surface area contributed by atoms with Gasteiger partial charge in [-0.1, -0.05) is 6.92 Å². The number of thiophene rings is 1. The van der Waals surface area contributed by atoms with E-state index in [1.54, 1.807) is 4.57 Å². The van der Waals surface area contributed by atoms with Crippen molar-refractivity contribution in [2.45, 2.75) is 58.5 Å². The van der Waals surface area contributed by atoms with Gasteiger partial charge in [-0.2, -0.15) is 0 Å². The molecule has 1 amide bonds. The monoisotopic (exact) mass is 374 g/mol. The molecule has 1 atom stereocenters. The first-order chi connectivity index (χ1) is 12.6. The minimum absolute atomic E-state index is 0.0189. The van der Waals surface area contributed by atoms with Gasteiger partial charge in [0.05, 0.1) is 10.3 Å². The van der Waals surface area contributed by atoms with Gasteiger partial charge in [-0.3, -0.25) is 19.1 Å². The molecule has 1 fully saturated rings. The molecule has 0 aliphatic carbocycles. The van der Waals surface area contributed by atoms with Crippen molar-refractivity contribution in [2.24, 2.45) is 0 Å². The molecule has 4 heterocycles. The molecule has 2 aromatic rings. The van der Waals surface area contributed by atoms with Crippen molar-refractivity contribution in [3.63, 3.8) is 0 Å². The van der Waals surface area contributed by atoms with Crippen molar-refractivity contribution in [2.75, 3.05) is 19.6 Å². The third-order valence-electron chi connectivity index (χ3n) is 5.77. The number of carbonyl (C=O) groups is 1. The molecule has 0 aromatic carbocycles. The Morgan fingerprint density at radius 3 is 2.96 bits per heavy atom. The van der Waals surface area contributed by atoms with Crippen LogP contribution >= 0.6 is 11.3 Å². The lowest BCUT2D eigenvalue weighted by Crippen LogP contribution is -2.40. The van der Waals surface area contributed by atoms with Gasteiger partial charge in [0.15, 0.2) is 0 Å². The number of nitrogens with zero attached hydrogens (tertiary/aromatic N) is 3. The second-order valence-corrected chi connectivity index (χ2v) is 8.31. The summed E-state index contributed by atoms with van der Waals surface area (Å²) in [6.45, 7) is 7.59. The van der Waals surface area contributed by atoms with Gasteiger partial charge in [0.1, 0.15) is 10.7 Å². The standard InChI is InChI=1S/C19H26N4O2S/c1-3-22-9-6-7-13(22)11-20-17(24)16-12(2)15-18(26-16)21-14-8-4-5-10-23(14)19(15)25/h13H,3-11H2,1-2H3,(H,20,24). The maximum Gasteiger partial charge on any atom is 0.262 e. The largest absolute Gasteiger partial charge is 0.350 e. The van der Waals surface area contributed by atoms with Crippen LogP contribution in [0.5, 0.6) is 0 Å². The summed E-state index contributed by atoms with van der Waals surface area (Å²) in [5.41, 5.74) is 0.796. The summed E-state index contributed by atoms with van der Waals surface area (Å²) in [5, 5.41) is 3.72. The Hall–Kier alpha value is -1.73. The summed E-state index contributed by atoms with van der Waals surface area (Å²) >= 11 is 1.36. The van der Waals surface area contributed by atoms with E-state index < -0.39 is 0 Å². The van der Waals surface area contributed by atoms with Crippen molar-refractivity contribution in [1.29, 1.82) is 0 Å². The highest BCUT2D eigenvalue weighted by Gasteiger charge is 2.26. The molecule has 2 aliphatic heterocycles. The Kier molecular flexibility index (Phi) is 4.84. The van der Waals surface area contributed by atoms with Crippen LogP contribution in [0.3, 0.4) is 0 Å². The van der Waals surface area contributed by atoms with E-state index in [0.29, 0.717) is 27.7 Å². The molecule has 26 heavy (non-hydrogen) atoms. The lowest BCUT2D eigenvalue weighted by Gasteiger charge is -2.22. The van der Waals surface area contributed by atoms with Crippen LogP contribution in [0.2, 0.25) is 0 Å². The van der Waals surface area contributed by atoms with Gasteiger partial charge in [0.25, 0.3) is 11.5 Å². The van der Waals surface area contributed by atoms with Crippen LogP contribution in [0.15, 0.2) is 4.79 Å². The zero-order valence-electron chi connectivity index (χ0n) is 15.5. The zero-order valence-corrected chi connectivity index (χ0v) is 16.3. The average Bonchev–Trinajstić information content (AvgIpc) is 3.24. The first-order valence-corrected chi connectivity index (χ1v) is 10.5. The summed E-state index contributed by atoms with van der Waals surface area (Å²) in [6.07, 6.45) is 5.27. The molecule has 1 unspecified atom stereocenters. The smallest absolute Gasteiger partial charge is 0.262 e. The Bertz CT molecular complexity index is 901. The van der Waals surface area contributed by atoms with E-state index in [0.717, 1.165) is 56.7 Å². The minimum Gasteiger partial charge on any atom is -0.350 e. The van der Waals surface area contributed by atoms with Gasteiger partial charge in [-0.05, 0) is 51.3 Å². The second-order valence-electron chi connectivity index (χ2n) is 7.31. The molecule has 0 radical (unpaired) electrons. The fourth-order valence-electron chi connectivity index (χ4n) is 4.28. The number of nitrogens with one attached hydrogen (secondary N) is 1. The summed E-state index contributed by atoms with van der Waals surface area (Å²) in [6, 6.07) is 0.426. The van der Waals surface area contributed by atoms with E-state index in [9.17, 15) is 9.59 Å². The van der Waals surface area contributed by atoms with Crippen molar-refractivity contribution < 1.29 is 4.79 Å². The number of carbonyl (C=O) groups excluding carboxylic acids is 1. The number of amides is 1. The SMILES string of the molecule is CCN1CCCC1CNC(=O)c1sc2nc3n(c(=O)c2c1C)CCCC3. The number of hydrogen-bond acceptors (Lipinski definition) is 5. The van der Waals surface area contributed by atoms with Crippen LogP contribution in [-0.2, 0) is 13.0 Å². The van der Waals surface area contributed by atoms with Crippen LogP contribution in [0, 0.1) is 6.92 Å². The minimum atomic E-state index is -0.0733. The van der Waals surface area contributed by atoms with Crippen molar-refractivity contribution in [3.8, 4) is 0 Å². The van der Waals surface area contributed by atoms with Gasteiger partial charge in [-0.25, -0.2) is 4.98 Å². The van der Waals surface area contributed by atoms with E-state index in [1.165, 1.54) is 17.8 Å². The number of fused-ring (bicyclic) bond motifs is 2. The zero-order chi connectivity index (χ0) is 18.3. The van der Waals surface area contributed by atoms with E-state index in [4.69, 9.17) is 4.98 Å². The topological polar surface area (TPSA) is 67.2 Å². The molecule has 2 aliphatic rings. The van der Waals surface area contributed by atoms with Crippen molar-refractivity contribution in [3.05, 3.63) is 26.6 Å². The Labute approximate surface area is 157 Å². The second kappa shape index (κ2) is 7.12. The third kappa shape index (κ3) is 2.97. The van der Waals surface area contributed by atoms with E-state index in [1.807, 2.05) is 6.92 Å². The first kappa shape index (κ1) is 17.7. The quantitative estimate of drug-likeness (QED) is 0.892. The molecule has 0 spiro atoms. The molecular formula is C19H26N4O2S. The number of hydrogen-bond donors (Lipinski definition) is 1. The van der Waals surface area contributed by atoms with E-state index in [2.05, 4.69) is 17.1 Å². The molecule has 1 N–H and O–H groups in total. The van der Waals surface area contributed by atoms with Crippen LogP contribution < -0.4 is 10.9 Å². The number of likely N-dealkylation sites (N-methyl/N-ethyl adjacent to an activating group) is 1. The molecule has 1 saturated heterocycles. The lowest BCUT2D eigenvalue weighted by molar-refractivity contribution is 0.0945. The Morgan fingerprint density at radius 1 is 1.31 bits per heavy atom. The molecule has 2 aromatic heterocycles. The van der Waals surface area contributed by atoms with Crippen molar-refractivity contribution >= 4 is 27.5 Å². The van der Waals surface area contributed by atoms with Crippen LogP contribution in [0.1, 0.15) is 53.7 Å². The number of aromatic nitrogens is 2. The predicted octanol–water partition coefficient (Wildman–Crippen LogP) is 2.32. The maximum atomic E-state index is 12.9. The summed E-state index contributed by atoms with van der Waals surface area (Å²) in [4.78, 5) is 34.1. The van der Waals surface area contributed by atoms with Crippen LogP contribution in [0.25, 0.3) is 10.2 Å². The summed E-state index contributed by atoms with van der Waals surface area (Å²) in [7, 11) is 0. The molecule has 6 nitrogen and oxygen atoms in total.